The maximum absolute atomic E-state index is 12.6. The van der Waals surface area contributed by atoms with Crippen LogP contribution in [0.3, 0.4) is 0 Å². The van der Waals surface area contributed by atoms with Gasteiger partial charge in [0.05, 0.1) is 22.4 Å². The number of nitrogens with zero attached hydrogens (tertiary/aromatic N) is 2. The Morgan fingerprint density at radius 2 is 2.12 bits per heavy atom. The normalized spacial score (nSPS) is 23.4. The summed E-state index contributed by atoms with van der Waals surface area (Å²) in [5, 5.41) is 13.0. The van der Waals surface area contributed by atoms with Crippen LogP contribution in [0.1, 0.15) is 44.1 Å². The molecule has 1 fully saturated rings. The zero-order chi connectivity index (χ0) is 18.5. The van der Waals surface area contributed by atoms with E-state index in [1.807, 2.05) is 35.2 Å². The summed E-state index contributed by atoms with van der Waals surface area (Å²) in [7, 11) is 0. The van der Waals surface area contributed by atoms with Crippen LogP contribution >= 0.6 is 11.8 Å². The van der Waals surface area contributed by atoms with Crippen molar-refractivity contribution in [3.63, 3.8) is 0 Å². The van der Waals surface area contributed by atoms with Gasteiger partial charge in [-0.1, -0.05) is 42.1 Å². The van der Waals surface area contributed by atoms with Crippen molar-refractivity contribution >= 4 is 23.6 Å². The molecule has 0 aliphatic carbocycles. The van der Waals surface area contributed by atoms with Crippen LogP contribution in [0.4, 0.5) is 0 Å². The molecule has 1 aromatic rings. The molecule has 136 valence electrons. The van der Waals surface area contributed by atoms with E-state index in [1.165, 1.54) is 11.8 Å². The van der Waals surface area contributed by atoms with Gasteiger partial charge in [0.15, 0.2) is 0 Å². The maximum atomic E-state index is 12.6. The fraction of sp³-hybridized carbons (Fsp3) is 0.450. The minimum atomic E-state index is -0.249. The molecular weight excluding hydrogens is 346 g/mol. The molecule has 2 atom stereocenters. The predicted octanol–water partition coefficient (Wildman–Crippen LogP) is 3.16. The van der Waals surface area contributed by atoms with Gasteiger partial charge in [-0.3, -0.25) is 9.59 Å². The Morgan fingerprint density at radius 3 is 2.81 bits per heavy atom. The zero-order valence-electron chi connectivity index (χ0n) is 14.9. The quantitative estimate of drug-likeness (QED) is 0.885. The van der Waals surface area contributed by atoms with Crippen LogP contribution in [0, 0.1) is 11.3 Å². The van der Waals surface area contributed by atoms with Crippen molar-refractivity contribution in [2.45, 2.75) is 44.6 Å². The van der Waals surface area contributed by atoms with E-state index in [4.69, 9.17) is 0 Å². The number of piperidine rings is 1. The van der Waals surface area contributed by atoms with Crippen LogP contribution in [-0.2, 0) is 9.59 Å². The average Bonchev–Trinajstić information content (AvgIpc) is 2.66. The number of hydrogen-bond acceptors (Lipinski definition) is 4. The summed E-state index contributed by atoms with van der Waals surface area (Å²) >= 11 is 1.27. The van der Waals surface area contributed by atoms with E-state index >= 15 is 0 Å². The van der Waals surface area contributed by atoms with Crippen LogP contribution < -0.4 is 5.32 Å². The van der Waals surface area contributed by atoms with Crippen molar-refractivity contribution in [3.8, 4) is 6.07 Å². The van der Waals surface area contributed by atoms with Crippen molar-refractivity contribution in [2.75, 3.05) is 12.3 Å². The average molecular weight is 369 g/mol. The van der Waals surface area contributed by atoms with Gasteiger partial charge in [0.1, 0.15) is 0 Å². The highest BCUT2D eigenvalue weighted by Crippen LogP contribution is 2.36. The molecule has 0 bridgehead atoms. The van der Waals surface area contributed by atoms with Gasteiger partial charge in [0.2, 0.25) is 11.8 Å². The lowest BCUT2D eigenvalue weighted by Gasteiger charge is -2.33. The third kappa shape index (κ3) is 4.10. The number of carbonyl (C=O) groups excluding carboxylic acids is 2. The van der Waals surface area contributed by atoms with E-state index in [1.54, 1.807) is 0 Å². The van der Waals surface area contributed by atoms with Gasteiger partial charge in [-0.2, -0.15) is 5.26 Å². The minimum Gasteiger partial charge on any atom is -0.339 e. The van der Waals surface area contributed by atoms with Gasteiger partial charge in [0, 0.05) is 24.9 Å². The zero-order valence-corrected chi connectivity index (χ0v) is 15.7. The first-order chi connectivity index (χ1) is 12.6. The molecule has 0 radical (unpaired) electrons. The van der Waals surface area contributed by atoms with Gasteiger partial charge >= 0.3 is 0 Å². The lowest BCUT2D eigenvalue weighted by atomic mass is 9.87. The number of rotatable bonds is 4. The predicted molar refractivity (Wildman–Crippen MR) is 102 cm³/mol. The number of amides is 2. The van der Waals surface area contributed by atoms with Gasteiger partial charge in [-0.25, -0.2) is 0 Å². The van der Waals surface area contributed by atoms with E-state index in [2.05, 4.69) is 18.3 Å². The monoisotopic (exact) mass is 369 g/mol. The van der Waals surface area contributed by atoms with E-state index in [0.29, 0.717) is 10.6 Å². The number of benzene rings is 1. The van der Waals surface area contributed by atoms with Crippen molar-refractivity contribution in [3.05, 3.63) is 46.5 Å². The summed E-state index contributed by atoms with van der Waals surface area (Å²) in [6.45, 7) is 2.87. The Labute approximate surface area is 158 Å². The van der Waals surface area contributed by atoms with Crippen LogP contribution in [0.15, 0.2) is 40.9 Å². The van der Waals surface area contributed by atoms with Crippen molar-refractivity contribution in [1.82, 2.24) is 10.2 Å². The standard InChI is InChI=1S/C20H23N3O2S/c1-14-7-5-6-10-23(14)19(25)13-26-20-17(12-21)16(11-18(24)22-20)15-8-3-2-4-9-15/h2-4,8-9,14,16H,5-7,10-11,13H2,1H3,(H,22,24)/t14-,16+/m1/s1. The third-order valence-electron chi connectivity index (χ3n) is 5.02. The Morgan fingerprint density at radius 1 is 1.35 bits per heavy atom. The third-order valence-corrected chi connectivity index (χ3v) is 6.02. The first-order valence-electron chi connectivity index (χ1n) is 9.01. The smallest absolute Gasteiger partial charge is 0.233 e. The van der Waals surface area contributed by atoms with E-state index < -0.39 is 0 Å². The molecule has 2 aliphatic heterocycles. The van der Waals surface area contributed by atoms with Crippen molar-refractivity contribution in [1.29, 1.82) is 5.26 Å². The summed E-state index contributed by atoms with van der Waals surface area (Å²) in [5.74, 6) is -0.0456. The second-order valence-corrected chi connectivity index (χ2v) is 7.78. The molecule has 0 unspecified atom stereocenters. The molecule has 2 amide bonds. The maximum Gasteiger partial charge on any atom is 0.233 e. The molecule has 5 nitrogen and oxygen atoms in total. The molecule has 6 heteroatoms. The molecule has 0 saturated carbocycles. The molecule has 0 aromatic heterocycles. The fourth-order valence-corrected chi connectivity index (χ4v) is 4.55. The number of hydrogen-bond donors (Lipinski definition) is 1. The van der Waals surface area contributed by atoms with Gasteiger partial charge < -0.3 is 10.2 Å². The molecule has 2 heterocycles. The second kappa shape index (κ2) is 8.41. The van der Waals surface area contributed by atoms with E-state index in [9.17, 15) is 14.9 Å². The number of carbonyl (C=O) groups is 2. The molecule has 1 aromatic carbocycles. The largest absolute Gasteiger partial charge is 0.339 e. The SMILES string of the molecule is C[C@@H]1CCCCN1C(=O)CSC1=C(C#N)[C@H](c2ccccc2)CC(=O)N1. The number of thioether (sulfide) groups is 1. The topological polar surface area (TPSA) is 73.2 Å². The Kier molecular flexibility index (Phi) is 6.00. The molecule has 1 N–H and O–H groups in total. The Bertz CT molecular complexity index is 754. The van der Waals surface area contributed by atoms with E-state index in [-0.39, 0.29) is 35.9 Å². The summed E-state index contributed by atoms with van der Waals surface area (Å²) < 4.78 is 0. The second-order valence-electron chi connectivity index (χ2n) is 6.79. The Hall–Kier alpha value is -2.26. The van der Waals surface area contributed by atoms with Gasteiger partial charge in [-0.05, 0) is 31.7 Å². The lowest BCUT2D eigenvalue weighted by molar-refractivity contribution is -0.131. The summed E-state index contributed by atoms with van der Waals surface area (Å²) in [6, 6.07) is 12.1. The number of allylic oxidation sites excluding steroid dienone is 1. The van der Waals surface area contributed by atoms with Crippen molar-refractivity contribution < 1.29 is 9.59 Å². The highest BCUT2D eigenvalue weighted by molar-refractivity contribution is 8.03. The Balaban J connectivity index is 1.76. The summed E-state index contributed by atoms with van der Waals surface area (Å²) in [5.41, 5.74) is 1.49. The van der Waals surface area contributed by atoms with Crippen LogP contribution in [0.5, 0.6) is 0 Å². The van der Waals surface area contributed by atoms with Crippen molar-refractivity contribution in [2.24, 2.45) is 0 Å². The molecule has 3 rings (SSSR count). The minimum absolute atomic E-state index is 0.0723. The first-order valence-corrected chi connectivity index (χ1v) is 10.00. The summed E-state index contributed by atoms with van der Waals surface area (Å²) in [4.78, 5) is 26.6. The van der Waals surface area contributed by atoms with E-state index in [0.717, 1.165) is 31.4 Å². The van der Waals surface area contributed by atoms with Crippen LogP contribution in [0.2, 0.25) is 0 Å². The molecule has 1 saturated heterocycles. The highest BCUT2D eigenvalue weighted by Gasteiger charge is 2.30. The molecule has 26 heavy (non-hydrogen) atoms. The number of nitrogens with one attached hydrogen (secondary N) is 1. The van der Waals surface area contributed by atoms with Crippen LogP contribution in [0.25, 0.3) is 0 Å². The summed E-state index contributed by atoms with van der Waals surface area (Å²) in [6.07, 6.45) is 3.50. The lowest BCUT2D eigenvalue weighted by Crippen LogP contribution is -2.43. The molecule has 2 aliphatic rings. The fourth-order valence-electron chi connectivity index (χ4n) is 3.59. The first kappa shape index (κ1) is 18.5. The molecule has 0 spiro atoms. The highest BCUT2D eigenvalue weighted by atomic mass is 32.2. The number of likely N-dealkylation sites (tertiary alicyclic amines) is 1. The van der Waals surface area contributed by atoms with Gasteiger partial charge in [0.25, 0.3) is 0 Å². The number of nitriles is 1. The van der Waals surface area contributed by atoms with Gasteiger partial charge in [-0.15, -0.1) is 0 Å². The molecular formula is C20H23N3O2S. The van der Waals surface area contributed by atoms with Crippen LogP contribution in [-0.4, -0.2) is 35.1 Å².